The van der Waals surface area contributed by atoms with E-state index in [2.05, 4.69) is 25.3 Å². The van der Waals surface area contributed by atoms with Crippen LogP contribution in [-0.2, 0) is 4.74 Å². The van der Waals surface area contributed by atoms with E-state index >= 15 is 0 Å². The zero-order valence-corrected chi connectivity index (χ0v) is 12.3. The van der Waals surface area contributed by atoms with Crippen molar-refractivity contribution in [3.8, 4) is 0 Å². The molecule has 0 aliphatic heterocycles. The highest BCUT2D eigenvalue weighted by molar-refractivity contribution is 7.14. The van der Waals surface area contributed by atoms with Crippen LogP contribution in [0.4, 0.5) is 9.80 Å². The zero-order valence-electron chi connectivity index (χ0n) is 11.5. The summed E-state index contributed by atoms with van der Waals surface area (Å²) < 4.78 is 4.63. The number of anilines is 1. The minimum atomic E-state index is -0.843. The average molecular weight is 320 g/mol. The lowest BCUT2D eigenvalue weighted by molar-refractivity contribution is 0.0926. The van der Waals surface area contributed by atoms with Gasteiger partial charge in [0, 0.05) is 12.4 Å². The van der Waals surface area contributed by atoms with Crippen LogP contribution in [0.25, 0.3) is 0 Å². The number of ether oxygens (including phenoxy) is 1. The standard InChI is InChI=1S/C13H12N4O4S/c1-2-21-13(20)17-10(18)8-3-6-22-12(8)16-11(19)9-7-14-4-5-15-9/h3-7H,2H2,1H3,(H,16,19)(H,17,18,20). The van der Waals surface area contributed by atoms with Crippen molar-refractivity contribution in [2.45, 2.75) is 6.92 Å². The highest BCUT2D eigenvalue weighted by Gasteiger charge is 2.18. The summed E-state index contributed by atoms with van der Waals surface area (Å²) in [6.07, 6.45) is 3.30. The van der Waals surface area contributed by atoms with E-state index in [9.17, 15) is 14.4 Å². The first-order chi connectivity index (χ1) is 10.6. The fourth-order valence-electron chi connectivity index (χ4n) is 1.50. The van der Waals surface area contributed by atoms with Crippen LogP contribution in [0.3, 0.4) is 0 Å². The Morgan fingerprint density at radius 2 is 2.09 bits per heavy atom. The van der Waals surface area contributed by atoms with Crippen LogP contribution < -0.4 is 10.6 Å². The van der Waals surface area contributed by atoms with Gasteiger partial charge in [-0.3, -0.25) is 19.9 Å². The Labute approximate surface area is 129 Å². The summed E-state index contributed by atoms with van der Waals surface area (Å²) in [7, 11) is 0. The molecule has 2 aromatic rings. The molecule has 2 aromatic heterocycles. The average Bonchev–Trinajstić information content (AvgIpc) is 2.96. The third-order valence-corrected chi connectivity index (χ3v) is 3.25. The number of alkyl carbamates (subject to hydrolysis) is 1. The van der Waals surface area contributed by atoms with Gasteiger partial charge in [-0.15, -0.1) is 11.3 Å². The Bertz CT molecular complexity index is 686. The molecular weight excluding hydrogens is 308 g/mol. The van der Waals surface area contributed by atoms with Gasteiger partial charge in [-0.1, -0.05) is 0 Å². The lowest BCUT2D eigenvalue weighted by Gasteiger charge is -2.06. The topological polar surface area (TPSA) is 110 Å². The Hall–Kier alpha value is -2.81. The van der Waals surface area contributed by atoms with Crippen molar-refractivity contribution >= 4 is 34.2 Å². The van der Waals surface area contributed by atoms with Crippen molar-refractivity contribution in [3.05, 3.63) is 41.3 Å². The Kier molecular flexibility index (Phi) is 5.15. The number of nitrogens with one attached hydrogen (secondary N) is 2. The quantitative estimate of drug-likeness (QED) is 0.886. The van der Waals surface area contributed by atoms with Crippen LogP contribution in [0, 0.1) is 0 Å². The van der Waals surface area contributed by atoms with E-state index < -0.39 is 17.9 Å². The van der Waals surface area contributed by atoms with E-state index in [1.54, 1.807) is 12.3 Å². The SMILES string of the molecule is CCOC(=O)NC(=O)c1ccsc1NC(=O)c1cnccn1. The number of amides is 3. The van der Waals surface area contributed by atoms with Gasteiger partial charge in [0.2, 0.25) is 0 Å². The number of hydrogen-bond donors (Lipinski definition) is 2. The Morgan fingerprint density at radius 1 is 1.27 bits per heavy atom. The van der Waals surface area contributed by atoms with Gasteiger partial charge in [-0.2, -0.15) is 0 Å². The monoisotopic (exact) mass is 320 g/mol. The highest BCUT2D eigenvalue weighted by Crippen LogP contribution is 2.23. The van der Waals surface area contributed by atoms with Crippen molar-refractivity contribution < 1.29 is 19.1 Å². The summed E-state index contributed by atoms with van der Waals surface area (Å²) in [4.78, 5) is 42.8. The fourth-order valence-corrected chi connectivity index (χ4v) is 2.28. The fraction of sp³-hybridized carbons (Fsp3) is 0.154. The lowest BCUT2D eigenvalue weighted by Crippen LogP contribution is -2.31. The summed E-state index contributed by atoms with van der Waals surface area (Å²) in [5.74, 6) is -1.16. The normalized spacial score (nSPS) is 9.86. The van der Waals surface area contributed by atoms with Gasteiger partial charge < -0.3 is 10.1 Å². The van der Waals surface area contributed by atoms with Gasteiger partial charge in [0.25, 0.3) is 11.8 Å². The molecule has 0 fully saturated rings. The van der Waals surface area contributed by atoms with Crippen molar-refractivity contribution in [2.24, 2.45) is 0 Å². The number of aromatic nitrogens is 2. The van der Waals surface area contributed by atoms with E-state index in [1.165, 1.54) is 24.7 Å². The second kappa shape index (κ2) is 7.27. The number of carbonyl (C=O) groups is 3. The molecule has 22 heavy (non-hydrogen) atoms. The van der Waals surface area contributed by atoms with E-state index in [1.807, 2.05) is 0 Å². The summed E-state index contributed by atoms with van der Waals surface area (Å²) >= 11 is 1.15. The van der Waals surface area contributed by atoms with E-state index in [0.717, 1.165) is 11.3 Å². The molecule has 2 heterocycles. The number of imide groups is 1. The minimum absolute atomic E-state index is 0.118. The van der Waals surface area contributed by atoms with Crippen molar-refractivity contribution in [3.63, 3.8) is 0 Å². The van der Waals surface area contributed by atoms with E-state index in [-0.39, 0.29) is 17.9 Å². The van der Waals surface area contributed by atoms with Gasteiger partial charge in [0.1, 0.15) is 10.7 Å². The molecular formula is C13H12N4O4S. The van der Waals surface area contributed by atoms with Gasteiger partial charge in [0.05, 0.1) is 18.4 Å². The summed E-state index contributed by atoms with van der Waals surface area (Å²) in [6, 6.07) is 1.49. The molecule has 0 radical (unpaired) electrons. The molecule has 2 rings (SSSR count). The lowest BCUT2D eigenvalue weighted by atomic mass is 10.3. The largest absolute Gasteiger partial charge is 0.450 e. The molecule has 0 aliphatic rings. The van der Waals surface area contributed by atoms with Gasteiger partial charge >= 0.3 is 6.09 Å². The van der Waals surface area contributed by atoms with Crippen LogP contribution in [0.15, 0.2) is 30.0 Å². The third kappa shape index (κ3) is 3.85. The summed E-state index contributed by atoms with van der Waals surface area (Å²) in [5.41, 5.74) is 0.281. The van der Waals surface area contributed by atoms with Crippen molar-refractivity contribution in [2.75, 3.05) is 11.9 Å². The number of nitrogens with zero attached hydrogens (tertiary/aromatic N) is 2. The van der Waals surface area contributed by atoms with Crippen LogP contribution in [-0.4, -0.2) is 34.5 Å². The molecule has 8 nitrogen and oxygen atoms in total. The summed E-state index contributed by atoms with van der Waals surface area (Å²) in [5, 5.41) is 6.54. The Balaban J connectivity index is 2.08. The molecule has 0 atom stereocenters. The first-order valence-electron chi connectivity index (χ1n) is 6.24. The van der Waals surface area contributed by atoms with E-state index in [0.29, 0.717) is 5.00 Å². The second-order valence-corrected chi connectivity index (χ2v) is 4.80. The molecule has 2 N–H and O–H groups in total. The number of thiophene rings is 1. The molecule has 114 valence electrons. The Morgan fingerprint density at radius 3 is 2.77 bits per heavy atom. The molecule has 3 amide bonds. The molecule has 0 aliphatic carbocycles. The van der Waals surface area contributed by atoms with Crippen molar-refractivity contribution in [1.82, 2.24) is 15.3 Å². The number of rotatable bonds is 4. The van der Waals surface area contributed by atoms with Crippen LogP contribution in [0.5, 0.6) is 0 Å². The molecule has 0 saturated heterocycles. The van der Waals surface area contributed by atoms with Crippen LogP contribution >= 0.6 is 11.3 Å². The summed E-state index contributed by atoms with van der Waals surface area (Å²) in [6.45, 7) is 1.78. The smallest absolute Gasteiger partial charge is 0.414 e. The molecule has 0 saturated carbocycles. The molecule has 9 heteroatoms. The van der Waals surface area contributed by atoms with Crippen LogP contribution in [0.1, 0.15) is 27.8 Å². The maximum absolute atomic E-state index is 12.0. The van der Waals surface area contributed by atoms with E-state index in [4.69, 9.17) is 0 Å². The van der Waals surface area contributed by atoms with Crippen LogP contribution in [0.2, 0.25) is 0 Å². The minimum Gasteiger partial charge on any atom is -0.450 e. The molecule has 0 aromatic carbocycles. The number of carbonyl (C=O) groups excluding carboxylic acids is 3. The first-order valence-corrected chi connectivity index (χ1v) is 7.12. The van der Waals surface area contributed by atoms with Crippen molar-refractivity contribution in [1.29, 1.82) is 0 Å². The molecule has 0 bridgehead atoms. The zero-order chi connectivity index (χ0) is 15.9. The second-order valence-electron chi connectivity index (χ2n) is 3.88. The number of hydrogen-bond acceptors (Lipinski definition) is 7. The predicted molar refractivity (Wildman–Crippen MR) is 78.8 cm³/mol. The maximum Gasteiger partial charge on any atom is 0.414 e. The highest BCUT2D eigenvalue weighted by atomic mass is 32.1. The maximum atomic E-state index is 12.0. The molecule has 0 spiro atoms. The van der Waals surface area contributed by atoms with Gasteiger partial charge in [0.15, 0.2) is 0 Å². The third-order valence-electron chi connectivity index (χ3n) is 2.42. The van der Waals surface area contributed by atoms with Gasteiger partial charge in [-0.25, -0.2) is 9.78 Å². The molecule has 0 unspecified atom stereocenters. The first kappa shape index (κ1) is 15.6. The predicted octanol–water partition coefficient (Wildman–Crippen LogP) is 1.68. The van der Waals surface area contributed by atoms with Gasteiger partial charge in [-0.05, 0) is 18.4 Å².